The summed E-state index contributed by atoms with van der Waals surface area (Å²) < 4.78 is 18.5. The second-order valence-corrected chi connectivity index (χ2v) is 4.84. The Balaban J connectivity index is 1.89. The average Bonchev–Trinajstić information content (AvgIpc) is 2.47. The molecule has 106 valence electrons. The van der Waals surface area contributed by atoms with Gasteiger partial charge in [0.2, 0.25) is 0 Å². The first-order valence-corrected chi connectivity index (χ1v) is 7.06. The van der Waals surface area contributed by atoms with Gasteiger partial charge in [-0.1, -0.05) is 31.2 Å². The van der Waals surface area contributed by atoms with Crippen LogP contribution in [-0.2, 0) is 13.2 Å². The number of ether oxygens (including phenoxy) is 1. The van der Waals surface area contributed by atoms with Gasteiger partial charge in [0, 0.05) is 5.56 Å². The van der Waals surface area contributed by atoms with Crippen LogP contribution < -0.4 is 10.1 Å². The molecule has 0 bridgehead atoms. The largest absolute Gasteiger partial charge is 0.489 e. The van der Waals surface area contributed by atoms with E-state index in [1.165, 1.54) is 24.1 Å². The first-order chi connectivity index (χ1) is 9.78. The smallest absolute Gasteiger partial charge is 0.123 e. The zero-order valence-corrected chi connectivity index (χ0v) is 11.8. The minimum Gasteiger partial charge on any atom is -0.489 e. The van der Waals surface area contributed by atoms with Gasteiger partial charge in [-0.3, -0.25) is 0 Å². The number of nitrogens with two attached hydrogens (primary N) is 1. The van der Waals surface area contributed by atoms with Gasteiger partial charge in [0.1, 0.15) is 24.7 Å². The summed E-state index contributed by atoms with van der Waals surface area (Å²) >= 11 is 0. The van der Waals surface area contributed by atoms with Gasteiger partial charge < -0.3 is 10.1 Å². The average molecular weight is 274 g/mol. The fourth-order valence-corrected chi connectivity index (χ4v) is 1.98. The van der Waals surface area contributed by atoms with Crippen molar-refractivity contribution in [1.82, 2.24) is 0 Å². The summed E-state index contributed by atoms with van der Waals surface area (Å²) in [5.74, 6) is 0.638. The third-order valence-electron chi connectivity index (χ3n) is 3.09. The van der Waals surface area contributed by atoms with Gasteiger partial charge in [0.25, 0.3) is 0 Å². The number of halogens is 1. The van der Waals surface area contributed by atoms with E-state index in [-0.39, 0.29) is 5.82 Å². The Morgan fingerprint density at radius 1 is 1.05 bits per heavy atom. The van der Waals surface area contributed by atoms with Crippen molar-refractivity contribution in [2.75, 3.05) is 6.54 Å². The molecule has 20 heavy (non-hydrogen) atoms. The van der Waals surface area contributed by atoms with Crippen LogP contribution >= 0.6 is 0 Å². The second-order valence-electron chi connectivity index (χ2n) is 4.84. The molecule has 0 aliphatic heterocycles. The Bertz CT molecular complexity index is 525. The summed E-state index contributed by atoms with van der Waals surface area (Å²) in [5, 5.41) is 2.29. The number of hydrogen-bond acceptors (Lipinski definition) is 1. The van der Waals surface area contributed by atoms with Gasteiger partial charge in [0.05, 0.1) is 6.54 Å². The standard InChI is InChI=1S/C17H20FNO/c1-2-10-19-12-15-4-3-5-17(11-15)20-13-14-6-8-16(18)9-7-14/h3-9,11,19H,2,10,12-13H2,1H3/p+1. The van der Waals surface area contributed by atoms with Crippen molar-refractivity contribution in [1.29, 1.82) is 0 Å². The van der Waals surface area contributed by atoms with Crippen molar-refractivity contribution in [3.63, 3.8) is 0 Å². The topological polar surface area (TPSA) is 25.8 Å². The molecule has 2 aromatic rings. The highest BCUT2D eigenvalue weighted by Gasteiger charge is 2.00. The lowest BCUT2D eigenvalue weighted by molar-refractivity contribution is -0.670. The summed E-state index contributed by atoms with van der Waals surface area (Å²) in [7, 11) is 0. The fraction of sp³-hybridized carbons (Fsp3) is 0.294. The quantitative estimate of drug-likeness (QED) is 0.772. The maximum Gasteiger partial charge on any atom is 0.123 e. The van der Waals surface area contributed by atoms with E-state index in [0.717, 1.165) is 24.4 Å². The molecule has 0 saturated heterocycles. The van der Waals surface area contributed by atoms with E-state index in [1.807, 2.05) is 12.1 Å². The van der Waals surface area contributed by atoms with Crippen molar-refractivity contribution in [3.8, 4) is 5.75 Å². The Morgan fingerprint density at radius 3 is 2.60 bits per heavy atom. The van der Waals surface area contributed by atoms with Crippen molar-refractivity contribution in [2.24, 2.45) is 0 Å². The molecule has 0 unspecified atom stereocenters. The molecule has 0 amide bonds. The molecule has 0 fully saturated rings. The van der Waals surface area contributed by atoms with Gasteiger partial charge in [-0.15, -0.1) is 0 Å². The molecular weight excluding hydrogens is 253 g/mol. The third-order valence-corrected chi connectivity index (χ3v) is 3.09. The maximum absolute atomic E-state index is 12.8. The van der Waals surface area contributed by atoms with Crippen molar-refractivity contribution >= 4 is 0 Å². The van der Waals surface area contributed by atoms with Crippen LogP contribution in [0.15, 0.2) is 48.5 Å². The van der Waals surface area contributed by atoms with Crippen LogP contribution in [0.1, 0.15) is 24.5 Å². The lowest BCUT2D eigenvalue weighted by Crippen LogP contribution is -2.82. The molecular formula is C17H21FNO+. The number of benzene rings is 2. The number of rotatable bonds is 7. The van der Waals surface area contributed by atoms with Crippen molar-refractivity contribution < 1.29 is 14.4 Å². The minimum absolute atomic E-state index is 0.220. The van der Waals surface area contributed by atoms with Gasteiger partial charge in [-0.25, -0.2) is 4.39 Å². The Kier molecular flexibility index (Phi) is 5.56. The molecule has 0 saturated carbocycles. The van der Waals surface area contributed by atoms with E-state index in [0.29, 0.717) is 6.61 Å². The van der Waals surface area contributed by atoms with Crippen LogP contribution in [0.25, 0.3) is 0 Å². The van der Waals surface area contributed by atoms with E-state index in [4.69, 9.17) is 4.74 Å². The van der Waals surface area contributed by atoms with Crippen molar-refractivity contribution in [3.05, 3.63) is 65.5 Å². The van der Waals surface area contributed by atoms with E-state index >= 15 is 0 Å². The highest BCUT2D eigenvalue weighted by Crippen LogP contribution is 2.15. The van der Waals surface area contributed by atoms with Crippen molar-refractivity contribution in [2.45, 2.75) is 26.5 Å². The monoisotopic (exact) mass is 274 g/mol. The van der Waals surface area contributed by atoms with Crippen LogP contribution in [0.5, 0.6) is 5.75 Å². The lowest BCUT2D eigenvalue weighted by Gasteiger charge is -2.08. The van der Waals surface area contributed by atoms with E-state index in [2.05, 4.69) is 24.4 Å². The van der Waals surface area contributed by atoms with Crippen LogP contribution in [0, 0.1) is 5.82 Å². The SMILES string of the molecule is CCC[NH2+]Cc1cccc(OCc2ccc(F)cc2)c1. The highest BCUT2D eigenvalue weighted by molar-refractivity contribution is 5.28. The Morgan fingerprint density at radius 2 is 1.85 bits per heavy atom. The molecule has 0 aromatic heterocycles. The Hall–Kier alpha value is -1.87. The van der Waals surface area contributed by atoms with Crippen LogP contribution in [0.4, 0.5) is 4.39 Å². The molecule has 2 aromatic carbocycles. The summed E-state index contributed by atoms with van der Waals surface area (Å²) in [6.07, 6.45) is 1.18. The summed E-state index contributed by atoms with van der Waals surface area (Å²) in [6.45, 7) is 4.75. The molecule has 0 atom stereocenters. The fourth-order valence-electron chi connectivity index (χ4n) is 1.98. The van der Waals surface area contributed by atoms with Crippen LogP contribution in [-0.4, -0.2) is 6.54 Å². The number of quaternary nitrogens is 1. The molecule has 0 spiro atoms. The van der Waals surface area contributed by atoms with Gasteiger partial charge >= 0.3 is 0 Å². The Labute approximate surface area is 119 Å². The third kappa shape index (κ3) is 4.67. The predicted molar refractivity (Wildman–Crippen MR) is 78.0 cm³/mol. The van der Waals surface area contributed by atoms with E-state index in [9.17, 15) is 4.39 Å². The normalized spacial score (nSPS) is 10.5. The molecule has 2 nitrogen and oxygen atoms in total. The minimum atomic E-state index is -0.220. The van der Waals surface area contributed by atoms with E-state index in [1.54, 1.807) is 12.1 Å². The first kappa shape index (κ1) is 14.5. The summed E-state index contributed by atoms with van der Waals surface area (Å²) in [5.41, 5.74) is 2.23. The summed E-state index contributed by atoms with van der Waals surface area (Å²) in [6, 6.07) is 14.5. The van der Waals surface area contributed by atoms with Gasteiger partial charge in [-0.05, 0) is 36.2 Å². The lowest BCUT2D eigenvalue weighted by atomic mass is 10.2. The number of hydrogen-bond donors (Lipinski definition) is 1. The van der Waals surface area contributed by atoms with E-state index < -0.39 is 0 Å². The maximum atomic E-state index is 12.8. The zero-order valence-electron chi connectivity index (χ0n) is 11.8. The first-order valence-electron chi connectivity index (χ1n) is 7.06. The molecule has 0 aliphatic rings. The molecule has 2 rings (SSSR count). The van der Waals surface area contributed by atoms with Crippen LogP contribution in [0.3, 0.4) is 0 Å². The van der Waals surface area contributed by atoms with Gasteiger partial charge in [0.15, 0.2) is 0 Å². The molecule has 3 heteroatoms. The summed E-state index contributed by atoms with van der Waals surface area (Å²) in [4.78, 5) is 0. The molecule has 0 radical (unpaired) electrons. The zero-order chi connectivity index (χ0) is 14.2. The molecule has 0 aliphatic carbocycles. The second kappa shape index (κ2) is 7.65. The highest BCUT2D eigenvalue weighted by atomic mass is 19.1. The van der Waals surface area contributed by atoms with Gasteiger partial charge in [-0.2, -0.15) is 0 Å². The molecule has 2 N–H and O–H groups in total. The van der Waals surface area contributed by atoms with Crippen LogP contribution in [0.2, 0.25) is 0 Å². The predicted octanol–water partition coefficient (Wildman–Crippen LogP) is 2.88. The molecule has 0 heterocycles.